The normalized spacial score (nSPS) is 11.7. The van der Waals surface area contributed by atoms with Gasteiger partial charge in [-0.2, -0.15) is 0 Å². The van der Waals surface area contributed by atoms with Gasteiger partial charge in [-0.25, -0.2) is 4.39 Å². The van der Waals surface area contributed by atoms with Crippen molar-refractivity contribution in [1.82, 2.24) is 5.32 Å². The number of rotatable bonds is 5. The van der Waals surface area contributed by atoms with Crippen LogP contribution in [0.4, 0.5) is 10.1 Å². The largest absolute Gasteiger partial charge is 0.370 e. The Labute approximate surface area is 110 Å². The molecule has 0 aliphatic carbocycles. The topological polar surface area (TPSA) is 15.3 Å². The molecule has 102 valence electrons. The quantitative estimate of drug-likeness (QED) is 0.862. The van der Waals surface area contributed by atoms with E-state index < -0.39 is 0 Å². The van der Waals surface area contributed by atoms with Crippen LogP contribution in [0.5, 0.6) is 0 Å². The van der Waals surface area contributed by atoms with Gasteiger partial charge in [0.15, 0.2) is 0 Å². The fourth-order valence-electron chi connectivity index (χ4n) is 1.85. The summed E-state index contributed by atoms with van der Waals surface area (Å²) >= 11 is 0. The molecule has 0 atom stereocenters. The van der Waals surface area contributed by atoms with E-state index in [4.69, 9.17) is 0 Å². The molecule has 0 aliphatic heterocycles. The lowest BCUT2D eigenvalue weighted by molar-refractivity contribution is 0.423. The van der Waals surface area contributed by atoms with Gasteiger partial charge in [-0.1, -0.05) is 6.07 Å². The molecular weight excluding hydrogens is 227 g/mol. The monoisotopic (exact) mass is 252 g/mol. The Morgan fingerprint density at radius 3 is 2.22 bits per heavy atom. The minimum atomic E-state index is -0.132. The van der Waals surface area contributed by atoms with Gasteiger partial charge in [0.25, 0.3) is 0 Å². The molecule has 1 N–H and O–H groups in total. The first-order chi connectivity index (χ1) is 8.37. The van der Waals surface area contributed by atoms with E-state index in [1.54, 1.807) is 6.07 Å². The van der Waals surface area contributed by atoms with Gasteiger partial charge >= 0.3 is 0 Å². The summed E-state index contributed by atoms with van der Waals surface area (Å²) in [7, 11) is 0. The van der Waals surface area contributed by atoms with E-state index in [0.29, 0.717) is 12.2 Å². The van der Waals surface area contributed by atoms with E-state index in [9.17, 15) is 4.39 Å². The van der Waals surface area contributed by atoms with E-state index >= 15 is 0 Å². The van der Waals surface area contributed by atoms with Crippen molar-refractivity contribution in [2.45, 2.75) is 46.7 Å². The van der Waals surface area contributed by atoms with Crippen molar-refractivity contribution in [3.63, 3.8) is 0 Å². The van der Waals surface area contributed by atoms with Gasteiger partial charge < -0.3 is 10.2 Å². The molecule has 3 heteroatoms. The second kappa shape index (κ2) is 6.19. The zero-order chi connectivity index (χ0) is 13.8. The molecule has 1 aromatic carbocycles. The Morgan fingerprint density at radius 2 is 1.78 bits per heavy atom. The fraction of sp³-hybridized carbons (Fsp3) is 0.600. The predicted octanol–water partition coefficient (Wildman–Crippen LogP) is 3.56. The molecule has 18 heavy (non-hydrogen) atoms. The maximum Gasteiger partial charge on any atom is 0.146 e. The van der Waals surface area contributed by atoms with Crippen molar-refractivity contribution >= 4 is 5.69 Å². The highest BCUT2D eigenvalue weighted by molar-refractivity contribution is 5.49. The molecule has 2 nitrogen and oxygen atoms in total. The van der Waals surface area contributed by atoms with Crippen molar-refractivity contribution in [2.24, 2.45) is 0 Å². The van der Waals surface area contributed by atoms with Crippen molar-refractivity contribution < 1.29 is 4.39 Å². The van der Waals surface area contributed by atoms with Crippen molar-refractivity contribution in [2.75, 3.05) is 18.0 Å². The minimum Gasteiger partial charge on any atom is -0.370 e. The highest BCUT2D eigenvalue weighted by Gasteiger charge is 2.11. The lowest BCUT2D eigenvalue weighted by Crippen LogP contribution is -2.35. The van der Waals surface area contributed by atoms with Crippen LogP contribution in [-0.4, -0.2) is 18.6 Å². The summed E-state index contributed by atoms with van der Waals surface area (Å²) in [4.78, 5) is 2.02. The molecule has 0 aliphatic rings. The molecule has 0 bridgehead atoms. The molecule has 0 heterocycles. The van der Waals surface area contributed by atoms with Crippen molar-refractivity contribution in [1.29, 1.82) is 0 Å². The fourth-order valence-corrected chi connectivity index (χ4v) is 1.85. The number of hydrogen-bond acceptors (Lipinski definition) is 2. The number of anilines is 1. The average molecular weight is 252 g/mol. The Morgan fingerprint density at radius 1 is 1.17 bits per heavy atom. The summed E-state index contributed by atoms with van der Waals surface area (Å²) in [6, 6.07) is 5.50. The summed E-state index contributed by atoms with van der Waals surface area (Å²) < 4.78 is 14.0. The van der Waals surface area contributed by atoms with Gasteiger partial charge in [-0.15, -0.1) is 0 Å². The maximum absolute atomic E-state index is 14.0. The Kier molecular flexibility index (Phi) is 5.15. The Hall–Kier alpha value is -1.09. The lowest BCUT2D eigenvalue weighted by Gasteiger charge is -2.23. The van der Waals surface area contributed by atoms with Crippen LogP contribution in [0.25, 0.3) is 0 Å². The molecule has 0 amide bonds. The zero-order valence-corrected chi connectivity index (χ0v) is 12.2. The van der Waals surface area contributed by atoms with E-state index in [-0.39, 0.29) is 11.4 Å². The van der Waals surface area contributed by atoms with Crippen LogP contribution in [0.3, 0.4) is 0 Å². The third-order valence-electron chi connectivity index (χ3n) is 2.94. The van der Waals surface area contributed by atoms with Crippen LogP contribution in [0, 0.1) is 5.82 Å². The highest BCUT2D eigenvalue weighted by Crippen LogP contribution is 2.20. The molecule has 0 saturated carbocycles. The predicted molar refractivity (Wildman–Crippen MR) is 76.6 cm³/mol. The van der Waals surface area contributed by atoms with Crippen molar-refractivity contribution in [3.8, 4) is 0 Å². The first-order valence-corrected chi connectivity index (χ1v) is 6.65. The van der Waals surface area contributed by atoms with E-state index in [0.717, 1.165) is 18.7 Å². The third kappa shape index (κ3) is 4.30. The summed E-state index contributed by atoms with van der Waals surface area (Å²) in [6.45, 7) is 12.7. The second-order valence-corrected chi connectivity index (χ2v) is 5.56. The van der Waals surface area contributed by atoms with Gasteiger partial charge in [-0.05, 0) is 52.3 Å². The van der Waals surface area contributed by atoms with Gasteiger partial charge in [0, 0.05) is 25.2 Å². The van der Waals surface area contributed by atoms with Crippen LogP contribution in [0.1, 0.15) is 40.2 Å². The van der Waals surface area contributed by atoms with Gasteiger partial charge in [0.05, 0.1) is 5.69 Å². The number of benzene rings is 1. The third-order valence-corrected chi connectivity index (χ3v) is 2.94. The molecule has 0 saturated heterocycles. The van der Waals surface area contributed by atoms with Crippen LogP contribution >= 0.6 is 0 Å². The Bertz CT molecular complexity index is 379. The molecular formula is C15H25FN2. The molecule has 0 radical (unpaired) electrons. The molecule has 0 spiro atoms. The summed E-state index contributed by atoms with van der Waals surface area (Å²) in [5.41, 5.74) is 1.73. The Balaban J connectivity index is 2.79. The maximum atomic E-state index is 14.0. The molecule has 0 unspecified atom stereocenters. The summed E-state index contributed by atoms with van der Waals surface area (Å²) in [5, 5.41) is 3.36. The zero-order valence-electron chi connectivity index (χ0n) is 12.2. The first-order valence-electron chi connectivity index (χ1n) is 6.65. The first kappa shape index (κ1) is 15.0. The average Bonchev–Trinajstić information content (AvgIpc) is 2.29. The van der Waals surface area contributed by atoms with Gasteiger partial charge in [-0.3, -0.25) is 0 Å². The van der Waals surface area contributed by atoms with Gasteiger partial charge in [0.2, 0.25) is 0 Å². The SMILES string of the molecule is CCN(CC)c1ccc(CNC(C)(C)C)cc1F. The van der Waals surface area contributed by atoms with E-state index in [1.807, 2.05) is 30.9 Å². The van der Waals surface area contributed by atoms with Crippen LogP contribution in [0.2, 0.25) is 0 Å². The number of nitrogens with zero attached hydrogens (tertiary/aromatic N) is 1. The van der Waals surface area contributed by atoms with Crippen LogP contribution in [0.15, 0.2) is 18.2 Å². The number of halogens is 1. The number of nitrogens with one attached hydrogen (secondary N) is 1. The molecule has 0 aromatic heterocycles. The highest BCUT2D eigenvalue weighted by atomic mass is 19.1. The van der Waals surface area contributed by atoms with E-state index in [2.05, 4.69) is 26.1 Å². The van der Waals surface area contributed by atoms with Crippen LogP contribution in [-0.2, 0) is 6.54 Å². The molecule has 1 aromatic rings. The summed E-state index contributed by atoms with van der Waals surface area (Å²) in [5.74, 6) is -0.132. The molecule has 1 rings (SSSR count). The van der Waals surface area contributed by atoms with Gasteiger partial charge in [0.1, 0.15) is 5.82 Å². The van der Waals surface area contributed by atoms with Crippen molar-refractivity contribution in [3.05, 3.63) is 29.6 Å². The van der Waals surface area contributed by atoms with Crippen LogP contribution < -0.4 is 10.2 Å². The molecule has 0 fully saturated rings. The summed E-state index contributed by atoms with van der Waals surface area (Å²) in [6.07, 6.45) is 0. The van der Waals surface area contributed by atoms with E-state index in [1.165, 1.54) is 0 Å². The second-order valence-electron chi connectivity index (χ2n) is 5.56. The lowest BCUT2D eigenvalue weighted by atomic mass is 10.1. The number of hydrogen-bond donors (Lipinski definition) is 1. The smallest absolute Gasteiger partial charge is 0.146 e. The standard InChI is InChI=1S/C15H25FN2/c1-6-18(7-2)14-9-8-12(10-13(14)16)11-17-15(3,4)5/h8-10,17H,6-7,11H2,1-5H3. The minimum absolute atomic E-state index is 0.0496.